The predicted molar refractivity (Wildman–Crippen MR) is 77.4 cm³/mol. The molecule has 1 aromatic carbocycles. The van der Waals surface area contributed by atoms with Crippen molar-refractivity contribution >= 4 is 10.0 Å². The van der Waals surface area contributed by atoms with Crippen LogP contribution in [0.3, 0.4) is 0 Å². The van der Waals surface area contributed by atoms with E-state index < -0.39 is 15.8 Å². The van der Waals surface area contributed by atoms with Gasteiger partial charge in [0.2, 0.25) is 10.0 Å². The zero-order valence-electron chi connectivity index (χ0n) is 11.3. The van der Waals surface area contributed by atoms with Crippen LogP contribution in [0, 0.1) is 5.82 Å². The van der Waals surface area contributed by atoms with Crippen LogP contribution in [0.25, 0.3) is 0 Å². The Morgan fingerprint density at radius 1 is 1.24 bits per heavy atom. The van der Waals surface area contributed by atoms with E-state index in [1.807, 2.05) is 12.1 Å². The van der Waals surface area contributed by atoms with Gasteiger partial charge < -0.3 is 5.73 Å². The number of nitrogens with two attached hydrogens (primary N) is 1. The second kappa shape index (κ2) is 6.75. The van der Waals surface area contributed by atoms with Gasteiger partial charge in [0.05, 0.1) is 4.90 Å². The van der Waals surface area contributed by atoms with Crippen LogP contribution < -0.4 is 10.5 Å². The highest BCUT2D eigenvalue weighted by Gasteiger charge is 2.15. The largest absolute Gasteiger partial charge is 0.326 e. The van der Waals surface area contributed by atoms with E-state index >= 15 is 0 Å². The maximum absolute atomic E-state index is 13.3. The number of sulfonamides is 1. The Hall–Kier alpha value is -1.83. The monoisotopic (exact) mass is 309 g/mol. The average Bonchev–Trinajstić information content (AvgIpc) is 2.48. The molecule has 3 N–H and O–H groups in total. The Balaban J connectivity index is 2.05. The van der Waals surface area contributed by atoms with E-state index in [1.54, 1.807) is 12.3 Å². The summed E-state index contributed by atoms with van der Waals surface area (Å²) in [4.78, 5) is 4.11. The maximum atomic E-state index is 13.3. The summed E-state index contributed by atoms with van der Waals surface area (Å²) in [6.45, 7) is 0.164. The molecule has 112 valence electrons. The molecule has 0 amide bonds. The normalized spacial score (nSPS) is 11.5. The SMILES string of the molecule is NCc1cc(S(=O)(=O)NCCc2ccccn2)ccc1F. The van der Waals surface area contributed by atoms with Crippen molar-refractivity contribution in [1.29, 1.82) is 0 Å². The summed E-state index contributed by atoms with van der Waals surface area (Å²) >= 11 is 0. The molecule has 0 radical (unpaired) electrons. The van der Waals surface area contributed by atoms with Crippen LogP contribution in [0.1, 0.15) is 11.3 Å². The zero-order valence-corrected chi connectivity index (χ0v) is 12.1. The minimum absolute atomic E-state index is 0.00497. The van der Waals surface area contributed by atoms with E-state index in [-0.39, 0.29) is 23.5 Å². The molecule has 2 aromatic rings. The van der Waals surface area contributed by atoms with Crippen LogP contribution in [0.4, 0.5) is 4.39 Å². The number of benzene rings is 1. The van der Waals surface area contributed by atoms with Gasteiger partial charge in [0.25, 0.3) is 0 Å². The third kappa shape index (κ3) is 4.07. The van der Waals surface area contributed by atoms with Gasteiger partial charge in [-0.05, 0) is 30.3 Å². The first-order chi connectivity index (χ1) is 10.0. The lowest BCUT2D eigenvalue weighted by molar-refractivity contribution is 0.579. The van der Waals surface area contributed by atoms with Gasteiger partial charge in [-0.2, -0.15) is 0 Å². The van der Waals surface area contributed by atoms with Crippen LogP contribution in [-0.4, -0.2) is 19.9 Å². The molecule has 0 unspecified atom stereocenters. The van der Waals surface area contributed by atoms with Gasteiger partial charge in [-0.1, -0.05) is 6.07 Å². The van der Waals surface area contributed by atoms with E-state index in [9.17, 15) is 12.8 Å². The summed E-state index contributed by atoms with van der Waals surface area (Å²) in [5.74, 6) is -0.509. The summed E-state index contributed by atoms with van der Waals surface area (Å²) < 4.78 is 40.0. The van der Waals surface area contributed by atoms with Crippen LogP contribution in [0.2, 0.25) is 0 Å². The Morgan fingerprint density at radius 3 is 2.71 bits per heavy atom. The molecule has 21 heavy (non-hydrogen) atoms. The highest BCUT2D eigenvalue weighted by Crippen LogP contribution is 2.14. The molecule has 0 saturated carbocycles. The maximum Gasteiger partial charge on any atom is 0.240 e. The van der Waals surface area contributed by atoms with Crippen molar-refractivity contribution in [3.63, 3.8) is 0 Å². The van der Waals surface area contributed by atoms with Gasteiger partial charge in [0.1, 0.15) is 5.82 Å². The minimum atomic E-state index is -3.68. The molecular formula is C14H16FN3O2S. The fraction of sp³-hybridized carbons (Fsp3) is 0.214. The summed E-state index contributed by atoms with van der Waals surface area (Å²) in [6, 6.07) is 9.02. The molecular weight excluding hydrogens is 293 g/mol. The van der Waals surface area contributed by atoms with Crippen molar-refractivity contribution < 1.29 is 12.8 Å². The van der Waals surface area contributed by atoms with Gasteiger partial charge in [-0.15, -0.1) is 0 Å². The van der Waals surface area contributed by atoms with Crippen molar-refractivity contribution in [3.8, 4) is 0 Å². The smallest absolute Gasteiger partial charge is 0.240 e. The number of hydrogen-bond acceptors (Lipinski definition) is 4. The second-order valence-electron chi connectivity index (χ2n) is 4.43. The molecule has 0 aliphatic heterocycles. The highest BCUT2D eigenvalue weighted by molar-refractivity contribution is 7.89. The number of hydrogen-bond donors (Lipinski definition) is 2. The second-order valence-corrected chi connectivity index (χ2v) is 6.19. The quantitative estimate of drug-likeness (QED) is 0.839. The Bertz CT molecular complexity index is 705. The van der Waals surface area contributed by atoms with E-state index in [0.29, 0.717) is 6.42 Å². The number of nitrogens with one attached hydrogen (secondary N) is 1. The molecule has 0 aliphatic rings. The van der Waals surface area contributed by atoms with Gasteiger partial charge in [-0.3, -0.25) is 4.98 Å². The summed E-state index contributed by atoms with van der Waals surface area (Å²) in [5, 5.41) is 0. The minimum Gasteiger partial charge on any atom is -0.326 e. The third-order valence-corrected chi connectivity index (χ3v) is 4.41. The molecule has 0 aliphatic carbocycles. The lowest BCUT2D eigenvalue weighted by atomic mass is 10.2. The lowest BCUT2D eigenvalue weighted by Crippen LogP contribution is -2.26. The Labute approximate surface area is 123 Å². The third-order valence-electron chi connectivity index (χ3n) is 2.95. The molecule has 7 heteroatoms. The van der Waals surface area contributed by atoms with Crippen molar-refractivity contribution in [2.45, 2.75) is 17.9 Å². The molecule has 1 aromatic heterocycles. The van der Waals surface area contributed by atoms with E-state index in [0.717, 1.165) is 11.8 Å². The number of pyridine rings is 1. The molecule has 0 spiro atoms. The van der Waals surface area contributed by atoms with Crippen molar-refractivity contribution in [2.75, 3.05) is 6.54 Å². The molecule has 1 heterocycles. The van der Waals surface area contributed by atoms with Gasteiger partial charge >= 0.3 is 0 Å². The van der Waals surface area contributed by atoms with E-state index in [4.69, 9.17) is 5.73 Å². The van der Waals surface area contributed by atoms with Gasteiger partial charge in [0, 0.05) is 37.0 Å². The fourth-order valence-corrected chi connectivity index (χ4v) is 2.90. The highest BCUT2D eigenvalue weighted by atomic mass is 32.2. The first-order valence-electron chi connectivity index (χ1n) is 6.41. The summed E-state index contributed by atoms with van der Waals surface area (Å²) in [6.07, 6.45) is 2.13. The van der Waals surface area contributed by atoms with Crippen LogP contribution >= 0.6 is 0 Å². The Kier molecular flexibility index (Phi) is 5.00. The molecule has 2 rings (SSSR count). The van der Waals surface area contributed by atoms with Gasteiger partial charge in [-0.25, -0.2) is 17.5 Å². The van der Waals surface area contributed by atoms with E-state index in [2.05, 4.69) is 9.71 Å². The van der Waals surface area contributed by atoms with Crippen LogP contribution in [0.15, 0.2) is 47.5 Å². The summed E-state index contributed by atoms with van der Waals surface area (Å²) in [5.41, 5.74) is 6.34. The molecule has 5 nitrogen and oxygen atoms in total. The first-order valence-corrected chi connectivity index (χ1v) is 7.89. The fourth-order valence-electron chi connectivity index (χ4n) is 1.82. The number of rotatable bonds is 6. The molecule has 0 fully saturated rings. The molecule has 0 atom stereocenters. The number of halogens is 1. The van der Waals surface area contributed by atoms with Crippen molar-refractivity contribution in [3.05, 3.63) is 59.7 Å². The van der Waals surface area contributed by atoms with Crippen LogP contribution in [-0.2, 0) is 23.0 Å². The predicted octanol–water partition coefficient (Wildman–Crippen LogP) is 1.20. The average molecular weight is 309 g/mol. The Morgan fingerprint density at radius 2 is 2.05 bits per heavy atom. The van der Waals surface area contributed by atoms with Crippen LogP contribution in [0.5, 0.6) is 0 Å². The number of aromatic nitrogens is 1. The topological polar surface area (TPSA) is 85.1 Å². The summed E-state index contributed by atoms with van der Waals surface area (Å²) in [7, 11) is -3.68. The molecule has 0 saturated heterocycles. The zero-order chi connectivity index (χ0) is 15.3. The van der Waals surface area contributed by atoms with Crippen molar-refractivity contribution in [2.24, 2.45) is 5.73 Å². The lowest BCUT2D eigenvalue weighted by Gasteiger charge is -2.08. The number of nitrogens with zero attached hydrogens (tertiary/aromatic N) is 1. The standard InChI is InChI=1S/C14H16FN3O2S/c15-14-5-4-13(9-11(14)10-16)21(19,20)18-8-6-12-3-1-2-7-17-12/h1-5,7,9,18H,6,8,10,16H2. The van der Waals surface area contributed by atoms with Crippen molar-refractivity contribution in [1.82, 2.24) is 9.71 Å². The first kappa shape index (κ1) is 15.6. The molecule has 0 bridgehead atoms. The van der Waals surface area contributed by atoms with E-state index in [1.165, 1.54) is 12.1 Å². The van der Waals surface area contributed by atoms with Gasteiger partial charge in [0.15, 0.2) is 0 Å².